The third-order valence-electron chi connectivity index (χ3n) is 2.80. The van der Waals surface area contributed by atoms with Crippen molar-refractivity contribution in [3.05, 3.63) is 41.7 Å². The Balaban J connectivity index is 2.40. The molecule has 3 N–H and O–H groups in total. The third-order valence-corrected chi connectivity index (χ3v) is 3.02. The standard InChI is InChI=1S/C13H14N4O2S/c1-17-9(6-7-15-17)13(18)16-11-8(12(14)20)4-3-5-10(11)19-2/h3-7H,1-2H3,(H2,14,20)(H,16,18). The number of carbonyl (C=O) groups excluding carboxylic acids is 1. The van der Waals surface area contributed by atoms with Gasteiger partial charge in [0, 0.05) is 18.8 Å². The number of thiocarbonyl (C=S) groups is 1. The summed E-state index contributed by atoms with van der Waals surface area (Å²) in [5, 5.41) is 6.72. The molecule has 0 saturated heterocycles. The quantitative estimate of drug-likeness (QED) is 0.830. The minimum atomic E-state index is -0.313. The van der Waals surface area contributed by atoms with Crippen LogP contribution in [0, 0.1) is 0 Å². The third kappa shape index (κ3) is 2.62. The average Bonchev–Trinajstić information content (AvgIpc) is 2.85. The highest BCUT2D eigenvalue weighted by Crippen LogP contribution is 2.28. The van der Waals surface area contributed by atoms with E-state index < -0.39 is 0 Å². The number of hydrogen-bond donors (Lipinski definition) is 2. The van der Waals surface area contributed by atoms with Crippen LogP contribution in [0.4, 0.5) is 5.69 Å². The second kappa shape index (κ2) is 5.70. The Morgan fingerprint density at radius 2 is 2.20 bits per heavy atom. The van der Waals surface area contributed by atoms with Crippen molar-refractivity contribution < 1.29 is 9.53 Å². The molecule has 1 aromatic carbocycles. The lowest BCUT2D eigenvalue weighted by Crippen LogP contribution is -2.20. The lowest BCUT2D eigenvalue weighted by molar-refractivity contribution is 0.101. The smallest absolute Gasteiger partial charge is 0.274 e. The maximum absolute atomic E-state index is 12.2. The Bertz CT molecular complexity index is 666. The number of amides is 1. The first-order chi connectivity index (χ1) is 9.54. The van der Waals surface area contributed by atoms with Gasteiger partial charge in [-0.1, -0.05) is 18.3 Å². The molecule has 0 atom stereocenters. The van der Waals surface area contributed by atoms with E-state index in [1.54, 1.807) is 37.5 Å². The summed E-state index contributed by atoms with van der Waals surface area (Å²) in [6.07, 6.45) is 1.55. The van der Waals surface area contributed by atoms with Crippen molar-refractivity contribution in [3.8, 4) is 5.75 Å². The summed E-state index contributed by atoms with van der Waals surface area (Å²) in [6, 6.07) is 6.82. The number of aromatic nitrogens is 2. The number of nitrogens with one attached hydrogen (secondary N) is 1. The van der Waals surface area contributed by atoms with Crippen LogP contribution in [0.25, 0.3) is 0 Å². The van der Waals surface area contributed by atoms with E-state index in [0.29, 0.717) is 22.7 Å². The number of benzene rings is 1. The molecule has 0 spiro atoms. The van der Waals surface area contributed by atoms with Crippen LogP contribution < -0.4 is 15.8 Å². The van der Waals surface area contributed by atoms with E-state index in [1.807, 2.05) is 0 Å². The Kier molecular flexibility index (Phi) is 3.99. The van der Waals surface area contributed by atoms with Crippen molar-refractivity contribution in [2.75, 3.05) is 12.4 Å². The highest BCUT2D eigenvalue weighted by molar-refractivity contribution is 7.80. The Labute approximate surface area is 121 Å². The van der Waals surface area contributed by atoms with E-state index in [2.05, 4.69) is 10.4 Å². The topological polar surface area (TPSA) is 82.2 Å². The van der Waals surface area contributed by atoms with Crippen LogP contribution in [0.2, 0.25) is 0 Å². The van der Waals surface area contributed by atoms with Crippen LogP contribution in [0.5, 0.6) is 5.75 Å². The first kappa shape index (κ1) is 14.0. The van der Waals surface area contributed by atoms with E-state index >= 15 is 0 Å². The summed E-state index contributed by atoms with van der Waals surface area (Å²) in [5.74, 6) is 0.179. The van der Waals surface area contributed by atoms with Crippen molar-refractivity contribution >= 4 is 28.8 Å². The zero-order valence-corrected chi connectivity index (χ0v) is 11.9. The van der Waals surface area contributed by atoms with E-state index in [-0.39, 0.29) is 10.9 Å². The van der Waals surface area contributed by atoms with Gasteiger partial charge in [0.15, 0.2) is 0 Å². The number of carbonyl (C=O) groups is 1. The zero-order chi connectivity index (χ0) is 14.7. The molecule has 0 radical (unpaired) electrons. The molecule has 1 amide bonds. The van der Waals surface area contributed by atoms with Gasteiger partial charge in [0.25, 0.3) is 5.91 Å². The highest BCUT2D eigenvalue weighted by Gasteiger charge is 2.16. The van der Waals surface area contributed by atoms with E-state index in [0.717, 1.165) is 0 Å². The van der Waals surface area contributed by atoms with E-state index in [1.165, 1.54) is 11.8 Å². The molecule has 0 aliphatic carbocycles. The second-order valence-corrected chi connectivity index (χ2v) is 4.48. The van der Waals surface area contributed by atoms with Crippen molar-refractivity contribution in [1.29, 1.82) is 0 Å². The van der Waals surface area contributed by atoms with E-state index in [9.17, 15) is 4.79 Å². The molecule has 0 aliphatic heterocycles. The van der Waals surface area contributed by atoms with Gasteiger partial charge in [-0.2, -0.15) is 5.10 Å². The maximum atomic E-state index is 12.2. The number of methoxy groups -OCH3 is 1. The molecule has 0 fully saturated rings. The number of nitrogens with zero attached hydrogens (tertiary/aromatic N) is 2. The van der Waals surface area contributed by atoms with Crippen molar-refractivity contribution in [2.45, 2.75) is 0 Å². The first-order valence-corrected chi connectivity index (χ1v) is 6.21. The van der Waals surface area contributed by atoms with Crippen LogP contribution in [-0.4, -0.2) is 27.8 Å². The molecule has 7 heteroatoms. The average molecular weight is 290 g/mol. The van der Waals surface area contributed by atoms with Gasteiger partial charge in [0.05, 0.1) is 12.8 Å². The first-order valence-electron chi connectivity index (χ1n) is 5.80. The largest absolute Gasteiger partial charge is 0.495 e. The number of rotatable bonds is 4. The summed E-state index contributed by atoms with van der Waals surface area (Å²) in [4.78, 5) is 12.4. The molecule has 1 aromatic heterocycles. The fourth-order valence-electron chi connectivity index (χ4n) is 1.81. The number of ether oxygens (including phenoxy) is 1. The Morgan fingerprint density at radius 1 is 1.45 bits per heavy atom. The number of aryl methyl sites for hydroxylation is 1. The number of anilines is 1. The van der Waals surface area contributed by atoms with Crippen LogP contribution in [0.3, 0.4) is 0 Å². The predicted octanol–water partition coefficient (Wildman–Crippen LogP) is 1.32. The maximum Gasteiger partial charge on any atom is 0.274 e. The molecule has 2 aromatic rings. The molecule has 104 valence electrons. The van der Waals surface area contributed by atoms with Gasteiger partial charge in [-0.15, -0.1) is 0 Å². The van der Waals surface area contributed by atoms with Gasteiger partial charge in [-0.3, -0.25) is 9.48 Å². The van der Waals surface area contributed by atoms with Gasteiger partial charge in [0.2, 0.25) is 0 Å². The van der Waals surface area contributed by atoms with Crippen LogP contribution in [0.1, 0.15) is 16.1 Å². The highest BCUT2D eigenvalue weighted by atomic mass is 32.1. The molecular weight excluding hydrogens is 276 g/mol. The minimum Gasteiger partial charge on any atom is -0.495 e. The fraction of sp³-hybridized carbons (Fsp3) is 0.154. The van der Waals surface area contributed by atoms with Crippen LogP contribution in [0.15, 0.2) is 30.5 Å². The monoisotopic (exact) mass is 290 g/mol. The SMILES string of the molecule is COc1cccc(C(N)=S)c1NC(=O)c1ccnn1C. The van der Waals surface area contributed by atoms with Gasteiger partial charge < -0.3 is 15.8 Å². The summed E-state index contributed by atoms with van der Waals surface area (Å²) < 4.78 is 6.71. The molecule has 0 saturated carbocycles. The molecular formula is C13H14N4O2S. The zero-order valence-electron chi connectivity index (χ0n) is 11.1. The lowest BCUT2D eigenvalue weighted by Gasteiger charge is -2.14. The molecule has 0 aliphatic rings. The van der Waals surface area contributed by atoms with Gasteiger partial charge in [0.1, 0.15) is 16.4 Å². The number of hydrogen-bond acceptors (Lipinski definition) is 4. The molecule has 0 bridgehead atoms. The number of para-hydroxylation sites is 1. The van der Waals surface area contributed by atoms with Crippen molar-refractivity contribution in [3.63, 3.8) is 0 Å². The van der Waals surface area contributed by atoms with E-state index in [4.69, 9.17) is 22.7 Å². The van der Waals surface area contributed by atoms with Gasteiger partial charge in [-0.05, 0) is 18.2 Å². The number of nitrogens with two attached hydrogens (primary N) is 1. The van der Waals surface area contributed by atoms with Crippen LogP contribution in [-0.2, 0) is 7.05 Å². The predicted molar refractivity (Wildman–Crippen MR) is 80.0 cm³/mol. The Hall–Kier alpha value is -2.41. The van der Waals surface area contributed by atoms with Crippen LogP contribution >= 0.6 is 12.2 Å². The molecule has 1 heterocycles. The van der Waals surface area contributed by atoms with Crippen molar-refractivity contribution in [2.24, 2.45) is 12.8 Å². The molecule has 0 unspecified atom stereocenters. The normalized spacial score (nSPS) is 10.1. The van der Waals surface area contributed by atoms with Gasteiger partial charge >= 0.3 is 0 Å². The molecule has 2 rings (SSSR count). The van der Waals surface area contributed by atoms with Gasteiger partial charge in [-0.25, -0.2) is 0 Å². The Morgan fingerprint density at radius 3 is 2.75 bits per heavy atom. The molecule has 20 heavy (non-hydrogen) atoms. The summed E-state index contributed by atoms with van der Waals surface area (Å²) in [5.41, 5.74) is 7.09. The molecule has 6 nitrogen and oxygen atoms in total. The minimum absolute atomic E-state index is 0.184. The summed E-state index contributed by atoms with van der Waals surface area (Å²) in [6.45, 7) is 0. The fourth-order valence-corrected chi connectivity index (χ4v) is 1.98. The lowest BCUT2D eigenvalue weighted by atomic mass is 10.1. The summed E-state index contributed by atoms with van der Waals surface area (Å²) in [7, 11) is 3.20. The van der Waals surface area contributed by atoms with Crippen molar-refractivity contribution in [1.82, 2.24) is 9.78 Å². The second-order valence-electron chi connectivity index (χ2n) is 4.04. The summed E-state index contributed by atoms with van der Waals surface area (Å²) >= 11 is 4.99.